The number of carbonyl (C=O) groups is 9. The van der Waals surface area contributed by atoms with Gasteiger partial charge in [0, 0.05) is 13.0 Å². The molecule has 15 N–H and O–H groups in total. The van der Waals surface area contributed by atoms with E-state index in [1.54, 1.807) is 13.8 Å². The number of likely N-dealkylation sites (tertiary alicyclic amines) is 1. The number of amides is 7. The highest BCUT2D eigenvalue weighted by atomic mass is 16.4. The molecule has 1 aliphatic rings. The molecule has 1 heterocycles. The molecule has 1 saturated heterocycles. The molecule has 0 radical (unpaired) electrons. The van der Waals surface area contributed by atoms with E-state index in [2.05, 4.69) is 31.9 Å². The first kappa shape index (κ1) is 52.0. The van der Waals surface area contributed by atoms with Crippen LogP contribution in [-0.2, 0) is 43.2 Å². The number of aliphatic hydroxyl groups excluding tert-OH is 3. The standard InChI is InChI=1S/C36H63N9O14/c1-16(2)25(33(55)42-26(18(4)46)34(56)39-17(3)29(51)44-28(20(6)48)36(58)59)41-32(54)23-11-9-15-45(23)35(57)27(19(5)47)43-31(53)22(10-7-8-14-37)40-30(52)21(38)12-13-24(49)50/h16-23,25-28,46-48H,7-15,37-38H2,1-6H3,(H,39,56)(H,40,52)(H,41,54)(H,42,55)(H,43,53)(H,44,51)(H,49,50)(H,58,59)/t17-,18+,19+,20+,21-,22-,23-,25-,26-,27-,28-/m0/s1. The molecule has 0 spiro atoms. The van der Waals surface area contributed by atoms with E-state index in [0.717, 1.165) is 11.8 Å². The molecule has 7 amide bonds. The van der Waals surface area contributed by atoms with Crippen LogP contribution in [0.5, 0.6) is 0 Å². The summed E-state index contributed by atoms with van der Waals surface area (Å²) in [4.78, 5) is 116. The lowest BCUT2D eigenvalue weighted by Crippen LogP contribution is -2.62. The Labute approximate surface area is 342 Å². The quantitative estimate of drug-likeness (QED) is 0.0383. The number of hydrogen-bond donors (Lipinski definition) is 13. The minimum Gasteiger partial charge on any atom is -0.481 e. The second-order valence-electron chi connectivity index (χ2n) is 15.1. The fourth-order valence-electron chi connectivity index (χ4n) is 6.04. The zero-order valence-electron chi connectivity index (χ0n) is 34.3. The topological polar surface area (TPSA) is 382 Å². The molecule has 0 unspecified atom stereocenters. The van der Waals surface area contributed by atoms with Gasteiger partial charge >= 0.3 is 11.9 Å². The number of hydrogen-bond acceptors (Lipinski definition) is 14. The number of aliphatic hydroxyl groups is 3. The average molecular weight is 846 g/mol. The third-order valence-electron chi connectivity index (χ3n) is 9.58. The van der Waals surface area contributed by atoms with Crippen molar-refractivity contribution in [3.05, 3.63) is 0 Å². The van der Waals surface area contributed by atoms with Gasteiger partial charge in [0.05, 0.1) is 24.4 Å². The number of nitrogens with zero attached hydrogens (tertiary/aromatic N) is 1. The summed E-state index contributed by atoms with van der Waals surface area (Å²) in [5.41, 5.74) is 11.4. The Morgan fingerprint density at radius 1 is 0.644 bits per heavy atom. The van der Waals surface area contributed by atoms with E-state index in [-0.39, 0.29) is 32.4 Å². The maximum Gasteiger partial charge on any atom is 0.328 e. The second-order valence-corrected chi connectivity index (χ2v) is 15.1. The van der Waals surface area contributed by atoms with Crippen molar-refractivity contribution in [3.63, 3.8) is 0 Å². The lowest BCUT2D eigenvalue weighted by molar-refractivity contribution is -0.145. The van der Waals surface area contributed by atoms with Gasteiger partial charge in [-0.05, 0) is 78.7 Å². The Kier molecular flexibility index (Phi) is 21.9. The minimum absolute atomic E-state index is 0.0319. The molecule has 0 saturated carbocycles. The average Bonchev–Trinajstić information content (AvgIpc) is 3.64. The first-order valence-electron chi connectivity index (χ1n) is 19.5. The minimum atomic E-state index is -1.68. The van der Waals surface area contributed by atoms with Gasteiger partial charge in [0.15, 0.2) is 6.04 Å². The van der Waals surface area contributed by atoms with Crippen LogP contribution in [0.25, 0.3) is 0 Å². The zero-order chi connectivity index (χ0) is 45.3. The van der Waals surface area contributed by atoms with Crippen molar-refractivity contribution < 1.29 is 68.7 Å². The van der Waals surface area contributed by atoms with Crippen molar-refractivity contribution in [1.29, 1.82) is 0 Å². The second kappa shape index (κ2) is 24.8. The van der Waals surface area contributed by atoms with Crippen molar-refractivity contribution in [2.75, 3.05) is 13.1 Å². The normalized spacial score (nSPS) is 19.0. The number of aliphatic carboxylic acids is 2. The van der Waals surface area contributed by atoms with Crippen LogP contribution in [0.2, 0.25) is 0 Å². The molecule has 1 rings (SSSR count). The smallest absolute Gasteiger partial charge is 0.328 e. The molecule has 11 atom stereocenters. The molecule has 23 nitrogen and oxygen atoms in total. The van der Waals surface area contributed by atoms with E-state index >= 15 is 0 Å². The largest absolute Gasteiger partial charge is 0.481 e. The van der Waals surface area contributed by atoms with Crippen LogP contribution in [0, 0.1) is 5.92 Å². The first-order valence-corrected chi connectivity index (χ1v) is 19.5. The lowest BCUT2D eigenvalue weighted by atomic mass is 10.0. The Bertz CT molecular complexity index is 1490. The van der Waals surface area contributed by atoms with Gasteiger partial charge in [0.1, 0.15) is 36.3 Å². The Morgan fingerprint density at radius 2 is 1.19 bits per heavy atom. The highest BCUT2D eigenvalue weighted by Gasteiger charge is 2.42. The van der Waals surface area contributed by atoms with Gasteiger partial charge in [0.25, 0.3) is 0 Å². The van der Waals surface area contributed by atoms with Gasteiger partial charge in [-0.1, -0.05) is 13.8 Å². The number of rotatable bonds is 25. The summed E-state index contributed by atoms with van der Waals surface area (Å²) in [5, 5.41) is 63.0. The number of carbonyl (C=O) groups excluding carboxylic acids is 7. The molecular weight excluding hydrogens is 782 g/mol. The van der Waals surface area contributed by atoms with E-state index < -0.39 is 132 Å². The maximum atomic E-state index is 13.9. The molecular formula is C36H63N9O14. The van der Waals surface area contributed by atoms with Crippen LogP contribution in [-0.4, -0.2) is 163 Å². The van der Waals surface area contributed by atoms with Crippen molar-refractivity contribution >= 4 is 53.3 Å². The van der Waals surface area contributed by atoms with Gasteiger partial charge in [-0.2, -0.15) is 0 Å². The third-order valence-corrected chi connectivity index (χ3v) is 9.58. The van der Waals surface area contributed by atoms with Gasteiger partial charge in [-0.25, -0.2) is 4.79 Å². The Balaban J connectivity index is 3.15. The van der Waals surface area contributed by atoms with Gasteiger partial charge in [-0.3, -0.25) is 38.4 Å². The summed E-state index contributed by atoms with van der Waals surface area (Å²) in [6.07, 6.45) is -3.69. The molecule has 0 aromatic carbocycles. The molecule has 1 aliphatic heterocycles. The van der Waals surface area contributed by atoms with Crippen LogP contribution in [0.3, 0.4) is 0 Å². The van der Waals surface area contributed by atoms with Gasteiger partial charge in [-0.15, -0.1) is 0 Å². The summed E-state index contributed by atoms with van der Waals surface area (Å²) in [6.45, 7) is 8.23. The molecule has 0 aliphatic carbocycles. The Morgan fingerprint density at radius 3 is 1.69 bits per heavy atom. The van der Waals surface area contributed by atoms with Crippen LogP contribution >= 0.6 is 0 Å². The van der Waals surface area contributed by atoms with E-state index in [1.165, 1.54) is 20.8 Å². The van der Waals surface area contributed by atoms with E-state index in [4.69, 9.17) is 16.6 Å². The van der Waals surface area contributed by atoms with Crippen molar-refractivity contribution in [3.8, 4) is 0 Å². The SMILES string of the molecule is CC(C)[C@H](NC(=O)[C@@H]1CCCN1C(=O)[C@@H](NC(=O)[C@H](CCCCN)NC(=O)[C@@H](N)CCC(=O)O)[C@@H](C)O)C(=O)N[C@H](C(=O)N[C@@H](C)C(=O)N[C@H](C(=O)O)[C@@H](C)O)[C@@H](C)O. The summed E-state index contributed by atoms with van der Waals surface area (Å²) in [7, 11) is 0. The maximum absolute atomic E-state index is 13.9. The zero-order valence-corrected chi connectivity index (χ0v) is 34.3. The van der Waals surface area contributed by atoms with Gasteiger partial charge < -0.3 is 73.8 Å². The molecule has 1 fully saturated rings. The molecule has 0 aromatic heterocycles. The van der Waals surface area contributed by atoms with E-state index in [1.807, 2.05) is 0 Å². The summed E-state index contributed by atoms with van der Waals surface area (Å²) >= 11 is 0. The van der Waals surface area contributed by atoms with E-state index in [9.17, 15) is 63.6 Å². The van der Waals surface area contributed by atoms with E-state index in [0.29, 0.717) is 19.3 Å². The number of nitrogens with one attached hydrogen (secondary N) is 6. The summed E-state index contributed by atoms with van der Waals surface area (Å²) in [5.74, 6) is -9.52. The number of nitrogens with two attached hydrogens (primary N) is 2. The first-order chi connectivity index (χ1) is 27.4. The molecule has 23 heteroatoms. The van der Waals surface area contributed by atoms with Crippen molar-refractivity contribution in [2.24, 2.45) is 17.4 Å². The van der Waals surface area contributed by atoms with Gasteiger partial charge in [0.2, 0.25) is 41.4 Å². The summed E-state index contributed by atoms with van der Waals surface area (Å²) < 4.78 is 0. The van der Waals surface area contributed by atoms with Crippen LogP contribution in [0.1, 0.15) is 86.5 Å². The Hall–Kier alpha value is -4.97. The highest BCUT2D eigenvalue weighted by molar-refractivity contribution is 5.98. The molecule has 0 aromatic rings. The molecule has 336 valence electrons. The summed E-state index contributed by atoms with van der Waals surface area (Å²) in [6, 6.07) is -11.3. The number of carboxylic acids is 2. The van der Waals surface area contributed by atoms with Crippen LogP contribution in [0.15, 0.2) is 0 Å². The molecule has 0 bridgehead atoms. The fraction of sp³-hybridized carbons (Fsp3) is 0.750. The highest BCUT2D eigenvalue weighted by Crippen LogP contribution is 2.20. The van der Waals surface area contributed by atoms with Crippen LogP contribution in [0.4, 0.5) is 0 Å². The fourth-order valence-corrected chi connectivity index (χ4v) is 6.04. The predicted octanol–water partition coefficient (Wildman–Crippen LogP) is -4.89. The lowest BCUT2D eigenvalue weighted by Gasteiger charge is -2.32. The predicted molar refractivity (Wildman–Crippen MR) is 207 cm³/mol. The molecule has 59 heavy (non-hydrogen) atoms. The van der Waals surface area contributed by atoms with Crippen molar-refractivity contribution in [2.45, 2.75) is 153 Å². The van der Waals surface area contributed by atoms with Crippen molar-refractivity contribution in [1.82, 2.24) is 36.8 Å². The monoisotopic (exact) mass is 845 g/mol. The number of carboxylic acid groups (broad SMARTS) is 2. The third kappa shape index (κ3) is 16.7. The van der Waals surface area contributed by atoms with Crippen LogP contribution < -0.4 is 43.4 Å². The number of unbranched alkanes of at least 4 members (excludes halogenated alkanes) is 1.